The number of aryl methyl sites for hydroxylation is 1. The monoisotopic (exact) mass is 338 g/mol. The molecule has 0 fully saturated rings. The molecule has 0 unspecified atom stereocenters. The number of rotatable bonds is 8. The first-order chi connectivity index (χ1) is 11.3. The SMILES string of the molecule is CN=C(NCCCCSC)NCCc1nnc2n1CCCCC2. The number of nitrogens with one attached hydrogen (secondary N) is 2. The first-order valence-electron chi connectivity index (χ1n) is 8.69. The third kappa shape index (κ3) is 6.05. The molecule has 0 bridgehead atoms. The van der Waals surface area contributed by atoms with Crippen molar-refractivity contribution in [2.45, 2.75) is 51.5 Å². The summed E-state index contributed by atoms with van der Waals surface area (Å²) < 4.78 is 2.31. The Kier molecular flexibility index (Phi) is 8.28. The van der Waals surface area contributed by atoms with Crippen molar-refractivity contribution in [1.82, 2.24) is 25.4 Å². The molecule has 0 aliphatic carbocycles. The Hall–Kier alpha value is -1.24. The predicted molar refractivity (Wildman–Crippen MR) is 98.3 cm³/mol. The summed E-state index contributed by atoms with van der Waals surface area (Å²) in [7, 11) is 1.82. The van der Waals surface area contributed by atoms with Crippen LogP contribution >= 0.6 is 11.8 Å². The molecule has 2 rings (SSSR count). The molecule has 1 aromatic rings. The summed E-state index contributed by atoms with van der Waals surface area (Å²) in [5.74, 6) is 4.37. The van der Waals surface area contributed by atoms with Crippen LogP contribution in [0.15, 0.2) is 4.99 Å². The van der Waals surface area contributed by atoms with Gasteiger partial charge in [-0.1, -0.05) is 6.42 Å². The first kappa shape index (κ1) is 18.1. The van der Waals surface area contributed by atoms with Crippen molar-refractivity contribution in [3.05, 3.63) is 11.6 Å². The molecule has 0 amide bonds. The molecule has 0 atom stereocenters. The van der Waals surface area contributed by atoms with E-state index >= 15 is 0 Å². The van der Waals surface area contributed by atoms with Crippen LogP contribution < -0.4 is 10.6 Å². The summed E-state index contributed by atoms with van der Waals surface area (Å²) in [5.41, 5.74) is 0. The summed E-state index contributed by atoms with van der Waals surface area (Å²) >= 11 is 1.90. The van der Waals surface area contributed by atoms with Gasteiger partial charge in [0.15, 0.2) is 5.96 Å². The largest absolute Gasteiger partial charge is 0.356 e. The molecule has 130 valence electrons. The fraction of sp³-hybridized carbons (Fsp3) is 0.812. The Morgan fingerprint density at radius 3 is 2.87 bits per heavy atom. The summed E-state index contributed by atoms with van der Waals surface area (Å²) in [6.07, 6.45) is 10.3. The van der Waals surface area contributed by atoms with Gasteiger partial charge in [0.05, 0.1) is 0 Å². The lowest BCUT2D eigenvalue weighted by atomic mass is 10.2. The van der Waals surface area contributed by atoms with Crippen molar-refractivity contribution in [2.75, 3.05) is 32.1 Å². The third-order valence-corrected chi connectivity index (χ3v) is 4.82. The van der Waals surface area contributed by atoms with Gasteiger partial charge < -0.3 is 15.2 Å². The minimum Gasteiger partial charge on any atom is -0.356 e. The van der Waals surface area contributed by atoms with Gasteiger partial charge in [-0.3, -0.25) is 4.99 Å². The van der Waals surface area contributed by atoms with Gasteiger partial charge in [-0.25, -0.2) is 0 Å². The predicted octanol–water partition coefficient (Wildman–Crippen LogP) is 1.86. The second kappa shape index (κ2) is 10.5. The van der Waals surface area contributed by atoms with E-state index in [1.54, 1.807) is 0 Å². The molecule has 7 heteroatoms. The van der Waals surface area contributed by atoms with Crippen LogP contribution in [-0.4, -0.2) is 52.9 Å². The van der Waals surface area contributed by atoms with Crippen LogP contribution in [0.1, 0.15) is 43.8 Å². The summed E-state index contributed by atoms with van der Waals surface area (Å²) in [4.78, 5) is 4.27. The van der Waals surface area contributed by atoms with Crippen molar-refractivity contribution >= 4 is 17.7 Å². The average molecular weight is 339 g/mol. The van der Waals surface area contributed by atoms with Crippen LogP contribution in [-0.2, 0) is 19.4 Å². The van der Waals surface area contributed by atoms with Crippen LogP contribution in [0.25, 0.3) is 0 Å². The van der Waals surface area contributed by atoms with E-state index in [-0.39, 0.29) is 0 Å². The van der Waals surface area contributed by atoms with Gasteiger partial charge in [0.25, 0.3) is 0 Å². The quantitative estimate of drug-likeness (QED) is 0.430. The van der Waals surface area contributed by atoms with Gasteiger partial charge in [-0.2, -0.15) is 11.8 Å². The average Bonchev–Trinajstić information content (AvgIpc) is 2.80. The number of unbranched alkanes of at least 4 members (excludes halogenated alkanes) is 1. The molecule has 1 aliphatic heterocycles. The highest BCUT2D eigenvalue weighted by Crippen LogP contribution is 2.14. The molecule has 0 saturated carbocycles. The lowest BCUT2D eigenvalue weighted by molar-refractivity contribution is 0.600. The summed E-state index contributed by atoms with van der Waals surface area (Å²) in [6, 6.07) is 0. The Morgan fingerprint density at radius 2 is 2.04 bits per heavy atom. The lowest BCUT2D eigenvalue weighted by Crippen LogP contribution is -2.39. The van der Waals surface area contributed by atoms with Crippen LogP contribution in [0.4, 0.5) is 0 Å². The number of guanidine groups is 1. The van der Waals surface area contributed by atoms with Crippen LogP contribution in [0, 0.1) is 0 Å². The molecular weight excluding hydrogens is 308 g/mol. The second-order valence-electron chi connectivity index (χ2n) is 5.87. The van der Waals surface area contributed by atoms with Crippen molar-refractivity contribution in [1.29, 1.82) is 0 Å². The second-order valence-corrected chi connectivity index (χ2v) is 6.86. The van der Waals surface area contributed by atoms with Gasteiger partial charge >= 0.3 is 0 Å². The van der Waals surface area contributed by atoms with Gasteiger partial charge in [0, 0.05) is 39.5 Å². The summed E-state index contributed by atoms with van der Waals surface area (Å²) in [6.45, 7) is 2.88. The Balaban J connectivity index is 1.70. The van der Waals surface area contributed by atoms with Crippen molar-refractivity contribution < 1.29 is 0 Å². The Morgan fingerprint density at radius 1 is 1.17 bits per heavy atom. The van der Waals surface area contributed by atoms with E-state index in [9.17, 15) is 0 Å². The van der Waals surface area contributed by atoms with Crippen LogP contribution in [0.2, 0.25) is 0 Å². The normalized spacial score (nSPS) is 15.1. The smallest absolute Gasteiger partial charge is 0.190 e. The minimum atomic E-state index is 0.836. The van der Waals surface area contributed by atoms with E-state index in [1.165, 1.54) is 37.9 Å². The van der Waals surface area contributed by atoms with Crippen molar-refractivity contribution in [2.24, 2.45) is 4.99 Å². The molecule has 0 aromatic carbocycles. The number of nitrogens with zero attached hydrogens (tertiary/aromatic N) is 4. The maximum absolute atomic E-state index is 4.37. The van der Waals surface area contributed by atoms with E-state index in [2.05, 4.69) is 36.6 Å². The fourth-order valence-electron chi connectivity index (χ4n) is 2.82. The van der Waals surface area contributed by atoms with Crippen LogP contribution in [0.5, 0.6) is 0 Å². The molecule has 1 aliphatic rings. The number of hydrogen-bond acceptors (Lipinski definition) is 4. The number of aliphatic imine (C=N–C) groups is 1. The first-order valence-corrected chi connectivity index (χ1v) is 10.1. The van der Waals surface area contributed by atoms with E-state index in [0.717, 1.165) is 50.1 Å². The van der Waals surface area contributed by atoms with Gasteiger partial charge in [0.1, 0.15) is 11.6 Å². The van der Waals surface area contributed by atoms with Gasteiger partial charge in [-0.05, 0) is 37.7 Å². The Bertz CT molecular complexity index is 485. The van der Waals surface area contributed by atoms with E-state index in [1.807, 2.05) is 18.8 Å². The number of fused-ring (bicyclic) bond motifs is 1. The van der Waals surface area contributed by atoms with Crippen LogP contribution in [0.3, 0.4) is 0 Å². The molecule has 0 spiro atoms. The highest BCUT2D eigenvalue weighted by atomic mass is 32.2. The molecule has 2 N–H and O–H groups in total. The molecule has 6 nitrogen and oxygen atoms in total. The van der Waals surface area contributed by atoms with Crippen molar-refractivity contribution in [3.8, 4) is 0 Å². The van der Waals surface area contributed by atoms with Gasteiger partial charge in [0.2, 0.25) is 0 Å². The number of thioether (sulfide) groups is 1. The van der Waals surface area contributed by atoms with Crippen molar-refractivity contribution in [3.63, 3.8) is 0 Å². The third-order valence-electron chi connectivity index (χ3n) is 4.12. The number of hydrogen-bond donors (Lipinski definition) is 2. The maximum Gasteiger partial charge on any atom is 0.190 e. The highest BCUT2D eigenvalue weighted by molar-refractivity contribution is 7.98. The van der Waals surface area contributed by atoms with E-state index < -0.39 is 0 Å². The highest BCUT2D eigenvalue weighted by Gasteiger charge is 2.14. The van der Waals surface area contributed by atoms with E-state index in [0.29, 0.717) is 0 Å². The maximum atomic E-state index is 4.37. The topological polar surface area (TPSA) is 67.1 Å². The molecule has 0 saturated heterocycles. The minimum absolute atomic E-state index is 0.836. The Labute approximate surface area is 143 Å². The molecule has 2 heterocycles. The number of aromatic nitrogens is 3. The van der Waals surface area contributed by atoms with Gasteiger partial charge in [-0.15, -0.1) is 10.2 Å². The standard InChI is InChI=1S/C16H30N6S/c1-17-16(18-10-5-7-13-23-2)19-11-9-15-21-20-14-8-4-3-6-12-22(14)15/h3-13H2,1-2H3,(H2,17,18,19). The molecule has 0 radical (unpaired) electrons. The molecule has 23 heavy (non-hydrogen) atoms. The zero-order valence-corrected chi connectivity index (χ0v) is 15.3. The zero-order chi connectivity index (χ0) is 16.3. The summed E-state index contributed by atoms with van der Waals surface area (Å²) in [5, 5.41) is 15.5. The fourth-order valence-corrected chi connectivity index (χ4v) is 3.31. The molecule has 1 aromatic heterocycles. The molecular formula is C16H30N6S. The zero-order valence-electron chi connectivity index (χ0n) is 14.5. The van der Waals surface area contributed by atoms with E-state index in [4.69, 9.17) is 0 Å². The lowest BCUT2D eigenvalue weighted by Gasteiger charge is -2.12.